The van der Waals surface area contributed by atoms with Crippen molar-refractivity contribution in [2.75, 3.05) is 0 Å². The van der Waals surface area contributed by atoms with Crippen molar-refractivity contribution in [1.82, 2.24) is 9.97 Å². The molecule has 0 aromatic carbocycles. The van der Waals surface area contributed by atoms with E-state index in [2.05, 4.69) is 29.6 Å². The summed E-state index contributed by atoms with van der Waals surface area (Å²) in [4.78, 5) is 7.32. The summed E-state index contributed by atoms with van der Waals surface area (Å²) in [6.45, 7) is 6.81. The summed E-state index contributed by atoms with van der Waals surface area (Å²) in [7, 11) is -1.15. The van der Waals surface area contributed by atoms with Gasteiger partial charge < -0.3 is 4.98 Å². The predicted octanol–water partition coefficient (Wildman–Crippen LogP) is 1.38. The van der Waals surface area contributed by atoms with Crippen LogP contribution in [0.25, 0.3) is 0 Å². The molecule has 0 amide bonds. The van der Waals surface area contributed by atoms with Gasteiger partial charge in [0.25, 0.3) is 0 Å². The van der Waals surface area contributed by atoms with Gasteiger partial charge in [-0.25, -0.2) is 4.98 Å². The van der Waals surface area contributed by atoms with Crippen LogP contribution in [0, 0.1) is 0 Å². The van der Waals surface area contributed by atoms with E-state index in [1.165, 1.54) is 5.45 Å². The lowest BCUT2D eigenvalue weighted by Crippen LogP contribution is -2.40. The summed E-state index contributed by atoms with van der Waals surface area (Å²) in [5, 5.41) is 0. The quantitative estimate of drug-likeness (QED) is 0.644. The summed E-state index contributed by atoms with van der Waals surface area (Å²) in [5.74, 6) is 0. The minimum absolute atomic E-state index is 0. The summed E-state index contributed by atoms with van der Waals surface area (Å²) < 4.78 is 0. The molecule has 1 N–H and O–H groups in total. The molecule has 0 aliphatic rings. The van der Waals surface area contributed by atoms with E-state index in [1.807, 2.05) is 12.4 Å². The van der Waals surface area contributed by atoms with Crippen molar-refractivity contribution in [3.05, 3.63) is 12.4 Å². The Labute approximate surface area is 68.5 Å². The van der Waals surface area contributed by atoms with E-state index in [1.54, 1.807) is 0 Å². The molecule has 1 aromatic rings. The van der Waals surface area contributed by atoms with Crippen LogP contribution in [0.1, 0.15) is 0 Å². The number of aromatic amines is 1. The highest BCUT2D eigenvalue weighted by Gasteiger charge is 2.18. The molecule has 2 nitrogen and oxygen atoms in total. The second kappa shape index (κ2) is 3.21. The number of H-pyrrole nitrogens is 1. The number of nitrogens with one attached hydrogen (secondary N) is 1. The van der Waals surface area contributed by atoms with Crippen LogP contribution in [0.3, 0.4) is 0 Å². The van der Waals surface area contributed by atoms with Crippen LogP contribution in [0.15, 0.2) is 12.4 Å². The first-order chi connectivity index (χ1) is 4.11. The first-order valence-electron chi connectivity index (χ1n) is 3.10. The summed E-state index contributed by atoms with van der Waals surface area (Å²) >= 11 is 0. The predicted molar refractivity (Wildman–Crippen MR) is 48.8 cm³/mol. The van der Waals surface area contributed by atoms with Crippen molar-refractivity contribution in [3.8, 4) is 0 Å². The highest BCUT2D eigenvalue weighted by atomic mass is 35.5. The molecule has 0 aliphatic heterocycles. The van der Waals surface area contributed by atoms with E-state index in [4.69, 9.17) is 0 Å². The number of nitrogens with zero attached hydrogens (tertiary/aromatic N) is 1. The fourth-order valence-corrected chi connectivity index (χ4v) is 1.65. The molecule has 0 fully saturated rings. The Hall–Kier alpha value is -0.283. The SMILES string of the molecule is C[Si](C)(C)c1ncc[nH]1.Cl. The van der Waals surface area contributed by atoms with Gasteiger partial charge in [0, 0.05) is 12.4 Å². The molecule has 10 heavy (non-hydrogen) atoms. The van der Waals surface area contributed by atoms with Gasteiger partial charge in [0.2, 0.25) is 0 Å². The molecular weight excluding hydrogens is 164 g/mol. The number of aromatic nitrogens is 2. The Bertz CT molecular complexity index is 178. The molecular formula is C6H13ClN2Si. The zero-order chi connectivity index (χ0) is 6.91. The third kappa shape index (κ3) is 2.15. The number of hydrogen-bond acceptors (Lipinski definition) is 1. The monoisotopic (exact) mass is 176 g/mol. The molecule has 0 aliphatic carbocycles. The van der Waals surface area contributed by atoms with Crippen LogP contribution in [-0.4, -0.2) is 18.0 Å². The molecule has 1 rings (SSSR count). The van der Waals surface area contributed by atoms with Crippen molar-refractivity contribution in [1.29, 1.82) is 0 Å². The van der Waals surface area contributed by atoms with Gasteiger partial charge in [-0.15, -0.1) is 12.4 Å². The largest absolute Gasteiger partial charge is 0.353 e. The number of rotatable bonds is 1. The van der Waals surface area contributed by atoms with E-state index >= 15 is 0 Å². The number of halogens is 1. The third-order valence-electron chi connectivity index (χ3n) is 1.21. The summed E-state index contributed by atoms with van der Waals surface area (Å²) in [6, 6.07) is 0. The average molecular weight is 177 g/mol. The Morgan fingerprint density at radius 2 is 2.00 bits per heavy atom. The van der Waals surface area contributed by atoms with Gasteiger partial charge in [0.05, 0.1) is 5.45 Å². The fraction of sp³-hybridized carbons (Fsp3) is 0.500. The molecule has 0 unspecified atom stereocenters. The maximum Gasteiger partial charge on any atom is 0.123 e. The Morgan fingerprint density at radius 3 is 2.20 bits per heavy atom. The lowest BCUT2D eigenvalue weighted by atomic mass is 11.0. The highest BCUT2D eigenvalue weighted by Crippen LogP contribution is 1.96. The van der Waals surface area contributed by atoms with Gasteiger partial charge >= 0.3 is 0 Å². The molecule has 1 heterocycles. The van der Waals surface area contributed by atoms with Gasteiger partial charge in [-0.3, -0.25) is 0 Å². The number of imidazole rings is 1. The molecule has 0 spiro atoms. The summed E-state index contributed by atoms with van der Waals surface area (Å²) in [5.41, 5.74) is 1.18. The van der Waals surface area contributed by atoms with Gasteiger partial charge in [-0.1, -0.05) is 19.6 Å². The van der Waals surface area contributed by atoms with Gasteiger partial charge in [0.1, 0.15) is 8.07 Å². The minimum Gasteiger partial charge on any atom is -0.353 e. The normalized spacial score (nSPS) is 10.7. The van der Waals surface area contributed by atoms with E-state index in [-0.39, 0.29) is 12.4 Å². The van der Waals surface area contributed by atoms with Crippen molar-refractivity contribution < 1.29 is 0 Å². The van der Waals surface area contributed by atoms with Crippen molar-refractivity contribution >= 4 is 25.9 Å². The Kier molecular flexibility index (Phi) is 3.12. The first kappa shape index (κ1) is 9.72. The maximum absolute atomic E-state index is 4.19. The van der Waals surface area contributed by atoms with Crippen molar-refractivity contribution in [2.24, 2.45) is 0 Å². The van der Waals surface area contributed by atoms with Crippen LogP contribution in [0.5, 0.6) is 0 Å². The molecule has 0 atom stereocenters. The molecule has 0 saturated carbocycles. The molecule has 1 aromatic heterocycles. The molecule has 0 saturated heterocycles. The topological polar surface area (TPSA) is 28.7 Å². The molecule has 0 radical (unpaired) electrons. The van der Waals surface area contributed by atoms with E-state index in [0.717, 1.165) is 0 Å². The fourth-order valence-electron chi connectivity index (χ4n) is 0.675. The van der Waals surface area contributed by atoms with E-state index in [0.29, 0.717) is 0 Å². The van der Waals surface area contributed by atoms with Gasteiger partial charge in [-0.05, 0) is 0 Å². The molecule has 58 valence electrons. The van der Waals surface area contributed by atoms with Crippen molar-refractivity contribution in [2.45, 2.75) is 19.6 Å². The second-order valence-corrected chi connectivity index (χ2v) is 8.16. The maximum atomic E-state index is 4.19. The van der Waals surface area contributed by atoms with Gasteiger partial charge in [0.15, 0.2) is 0 Å². The lowest BCUT2D eigenvalue weighted by molar-refractivity contribution is 1.36. The second-order valence-electron chi connectivity index (χ2n) is 3.19. The summed E-state index contributed by atoms with van der Waals surface area (Å²) in [6.07, 6.45) is 3.70. The van der Waals surface area contributed by atoms with Crippen LogP contribution in [-0.2, 0) is 0 Å². The Balaban J connectivity index is 0.000000810. The number of hydrogen-bond donors (Lipinski definition) is 1. The van der Waals surface area contributed by atoms with Crippen molar-refractivity contribution in [3.63, 3.8) is 0 Å². The highest BCUT2D eigenvalue weighted by molar-refractivity contribution is 6.87. The molecule has 0 bridgehead atoms. The molecule has 4 heteroatoms. The lowest BCUT2D eigenvalue weighted by Gasteiger charge is -2.10. The van der Waals surface area contributed by atoms with E-state index < -0.39 is 8.07 Å². The average Bonchev–Trinajstić information content (AvgIpc) is 2.08. The third-order valence-corrected chi connectivity index (χ3v) is 2.90. The van der Waals surface area contributed by atoms with Gasteiger partial charge in [-0.2, -0.15) is 0 Å². The zero-order valence-corrected chi connectivity index (χ0v) is 8.33. The van der Waals surface area contributed by atoms with Crippen LogP contribution < -0.4 is 5.45 Å². The standard InChI is InChI=1S/C6H12N2Si.ClH/c1-9(2,3)6-7-4-5-8-6;/h4-5H,1-3H3,(H,7,8);1H. The van der Waals surface area contributed by atoms with Crippen LogP contribution in [0.4, 0.5) is 0 Å². The van der Waals surface area contributed by atoms with Crippen LogP contribution >= 0.6 is 12.4 Å². The Morgan fingerprint density at radius 1 is 1.40 bits per heavy atom. The van der Waals surface area contributed by atoms with Crippen LogP contribution in [0.2, 0.25) is 19.6 Å². The smallest absolute Gasteiger partial charge is 0.123 e. The minimum atomic E-state index is -1.15. The first-order valence-corrected chi connectivity index (χ1v) is 6.60. The zero-order valence-electron chi connectivity index (χ0n) is 6.51. The van der Waals surface area contributed by atoms with E-state index in [9.17, 15) is 0 Å².